The molecule has 1 fully saturated rings. The van der Waals surface area contributed by atoms with Crippen molar-refractivity contribution in [3.05, 3.63) is 59.7 Å². The van der Waals surface area contributed by atoms with Gasteiger partial charge in [-0.1, -0.05) is 18.2 Å². The average molecular weight is 368 g/mol. The highest BCUT2D eigenvalue weighted by Gasteiger charge is 2.28. The van der Waals surface area contributed by atoms with E-state index in [2.05, 4.69) is 4.98 Å². The third-order valence-electron chi connectivity index (χ3n) is 4.73. The molecule has 2 heterocycles. The lowest BCUT2D eigenvalue weighted by Crippen LogP contribution is -2.41. The summed E-state index contributed by atoms with van der Waals surface area (Å²) in [5.74, 6) is -0.333. The molecule has 3 aromatic rings. The summed E-state index contributed by atoms with van der Waals surface area (Å²) in [6.45, 7) is 3.60. The van der Waals surface area contributed by atoms with Crippen LogP contribution in [0.3, 0.4) is 0 Å². The molecule has 2 aromatic carbocycles. The maximum atomic E-state index is 14.9. The van der Waals surface area contributed by atoms with Crippen molar-refractivity contribution in [1.82, 2.24) is 14.5 Å². The number of para-hydroxylation sites is 1. The van der Waals surface area contributed by atoms with E-state index in [1.54, 1.807) is 15.5 Å². The van der Waals surface area contributed by atoms with Crippen LogP contribution in [0.4, 0.5) is 4.39 Å². The number of aromatic nitrogens is 2. The van der Waals surface area contributed by atoms with Gasteiger partial charge in [0.1, 0.15) is 17.2 Å². The van der Waals surface area contributed by atoms with Crippen molar-refractivity contribution in [3.8, 4) is 5.69 Å². The number of imidazole rings is 1. The molecule has 6 nitrogen and oxygen atoms in total. The van der Waals surface area contributed by atoms with Crippen LogP contribution in [0.25, 0.3) is 16.7 Å². The summed E-state index contributed by atoms with van der Waals surface area (Å²) in [5.41, 5.74) is 7.94. The highest BCUT2D eigenvalue weighted by atomic mass is 19.1. The molecule has 7 heteroatoms. The van der Waals surface area contributed by atoms with Gasteiger partial charge in [0.05, 0.1) is 30.3 Å². The van der Waals surface area contributed by atoms with Crippen molar-refractivity contribution in [3.63, 3.8) is 0 Å². The molecule has 1 saturated heterocycles. The third-order valence-corrected chi connectivity index (χ3v) is 4.73. The molecule has 0 saturated carbocycles. The molecule has 1 aliphatic rings. The van der Waals surface area contributed by atoms with Gasteiger partial charge in [-0.15, -0.1) is 0 Å². The first-order valence-corrected chi connectivity index (χ1v) is 8.97. The lowest BCUT2D eigenvalue weighted by Gasteiger charge is -2.27. The van der Waals surface area contributed by atoms with Crippen LogP contribution >= 0.6 is 0 Å². The van der Waals surface area contributed by atoms with E-state index < -0.39 is 5.82 Å². The number of hydrogen-bond acceptors (Lipinski definition) is 4. The van der Waals surface area contributed by atoms with E-state index in [-0.39, 0.29) is 17.5 Å². The van der Waals surface area contributed by atoms with E-state index in [1.165, 1.54) is 6.07 Å². The van der Waals surface area contributed by atoms with E-state index in [1.807, 2.05) is 37.3 Å². The van der Waals surface area contributed by atoms with E-state index in [0.717, 1.165) is 5.69 Å². The summed E-state index contributed by atoms with van der Waals surface area (Å²) in [5, 5.41) is 0. The highest BCUT2D eigenvalue weighted by Crippen LogP contribution is 2.29. The molecule has 0 bridgehead atoms. The standard InChI is InChI=1S/C20H21FN4O2/c1-13(22)19-23-16-8-7-15(21)17(20(26)24-9-11-27-12-10-24)18(16)25(19)14-5-3-2-4-6-14/h2-8,13H,9-12,22H2,1H3. The Labute approximate surface area is 156 Å². The smallest absolute Gasteiger partial charge is 0.259 e. The Bertz CT molecular complexity index is 979. The number of morpholine rings is 1. The maximum Gasteiger partial charge on any atom is 0.259 e. The lowest BCUT2D eigenvalue weighted by atomic mass is 10.1. The Hall–Kier alpha value is -2.77. The van der Waals surface area contributed by atoms with Gasteiger partial charge in [0, 0.05) is 18.8 Å². The number of benzene rings is 2. The number of fused-ring (bicyclic) bond motifs is 1. The first kappa shape index (κ1) is 17.6. The van der Waals surface area contributed by atoms with Crippen molar-refractivity contribution in [1.29, 1.82) is 0 Å². The first-order chi connectivity index (χ1) is 13.1. The Morgan fingerprint density at radius 2 is 1.89 bits per heavy atom. The quantitative estimate of drug-likeness (QED) is 0.771. The van der Waals surface area contributed by atoms with Crippen LogP contribution in [0, 0.1) is 5.82 Å². The van der Waals surface area contributed by atoms with Gasteiger partial charge >= 0.3 is 0 Å². The molecule has 140 valence electrons. The zero-order valence-corrected chi connectivity index (χ0v) is 15.1. The Morgan fingerprint density at radius 1 is 1.19 bits per heavy atom. The fraction of sp³-hybridized carbons (Fsp3) is 0.300. The molecule has 2 N–H and O–H groups in total. The number of ether oxygens (including phenoxy) is 1. The second kappa shape index (κ2) is 7.09. The zero-order chi connectivity index (χ0) is 19.0. The molecular formula is C20H21FN4O2. The normalized spacial score (nSPS) is 15.9. The summed E-state index contributed by atoms with van der Waals surface area (Å²) in [7, 11) is 0. The van der Waals surface area contributed by atoms with Crippen LogP contribution in [-0.4, -0.2) is 46.7 Å². The minimum atomic E-state index is -0.563. The Balaban J connectivity index is 1.98. The van der Waals surface area contributed by atoms with Gasteiger partial charge in [-0.25, -0.2) is 9.37 Å². The summed E-state index contributed by atoms with van der Waals surface area (Å²) < 4.78 is 22.0. The molecule has 1 aromatic heterocycles. The molecule has 1 aliphatic heterocycles. The van der Waals surface area contributed by atoms with Gasteiger partial charge in [0.25, 0.3) is 5.91 Å². The predicted octanol–water partition coefficient (Wildman–Crippen LogP) is 2.66. The zero-order valence-electron chi connectivity index (χ0n) is 15.1. The monoisotopic (exact) mass is 368 g/mol. The van der Waals surface area contributed by atoms with Crippen molar-refractivity contribution < 1.29 is 13.9 Å². The second-order valence-corrected chi connectivity index (χ2v) is 6.62. The SMILES string of the molecule is CC(N)c1nc2ccc(F)c(C(=O)N3CCOCC3)c2n1-c1ccccc1. The fourth-order valence-corrected chi connectivity index (χ4v) is 3.43. The lowest BCUT2D eigenvalue weighted by molar-refractivity contribution is 0.0301. The molecule has 1 unspecified atom stereocenters. The Morgan fingerprint density at radius 3 is 2.56 bits per heavy atom. The molecule has 0 radical (unpaired) electrons. The minimum absolute atomic E-state index is 0.0256. The molecule has 1 amide bonds. The topological polar surface area (TPSA) is 73.4 Å². The fourth-order valence-electron chi connectivity index (χ4n) is 3.43. The van der Waals surface area contributed by atoms with Crippen LogP contribution in [-0.2, 0) is 4.74 Å². The average Bonchev–Trinajstić information content (AvgIpc) is 3.09. The largest absolute Gasteiger partial charge is 0.378 e. The second-order valence-electron chi connectivity index (χ2n) is 6.62. The predicted molar refractivity (Wildman–Crippen MR) is 100 cm³/mol. The summed E-state index contributed by atoms with van der Waals surface area (Å²) in [4.78, 5) is 19.4. The minimum Gasteiger partial charge on any atom is -0.378 e. The number of carbonyl (C=O) groups excluding carboxylic acids is 1. The highest BCUT2D eigenvalue weighted by molar-refractivity contribution is 6.06. The number of rotatable bonds is 3. The van der Waals surface area contributed by atoms with E-state index >= 15 is 0 Å². The molecular weight excluding hydrogens is 347 g/mol. The Kier molecular flexibility index (Phi) is 4.63. The van der Waals surface area contributed by atoms with Gasteiger partial charge in [-0.3, -0.25) is 9.36 Å². The van der Waals surface area contributed by atoms with Gasteiger partial charge in [0.15, 0.2) is 0 Å². The number of carbonyl (C=O) groups is 1. The number of hydrogen-bond donors (Lipinski definition) is 1. The molecule has 1 atom stereocenters. The van der Waals surface area contributed by atoms with Crippen molar-refractivity contribution >= 4 is 16.9 Å². The van der Waals surface area contributed by atoms with Gasteiger partial charge in [-0.2, -0.15) is 0 Å². The van der Waals surface area contributed by atoms with E-state index in [0.29, 0.717) is 43.2 Å². The van der Waals surface area contributed by atoms with Crippen LogP contribution in [0.2, 0.25) is 0 Å². The van der Waals surface area contributed by atoms with Gasteiger partial charge in [0.2, 0.25) is 0 Å². The van der Waals surface area contributed by atoms with Crippen LogP contribution in [0.1, 0.15) is 29.1 Å². The van der Waals surface area contributed by atoms with Crippen LogP contribution < -0.4 is 5.73 Å². The third kappa shape index (κ3) is 3.09. The number of nitrogens with zero attached hydrogens (tertiary/aromatic N) is 3. The van der Waals surface area contributed by atoms with Crippen molar-refractivity contribution in [2.45, 2.75) is 13.0 Å². The number of amides is 1. The maximum absolute atomic E-state index is 14.9. The van der Waals surface area contributed by atoms with Crippen molar-refractivity contribution in [2.24, 2.45) is 5.73 Å². The van der Waals surface area contributed by atoms with E-state index in [9.17, 15) is 9.18 Å². The van der Waals surface area contributed by atoms with Gasteiger partial charge < -0.3 is 15.4 Å². The summed E-state index contributed by atoms with van der Waals surface area (Å²) in [6, 6.07) is 11.9. The molecule has 4 rings (SSSR count). The molecule has 27 heavy (non-hydrogen) atoms. The van der Waals surface area contributed by atoms with Crippen LogP contribution in [0.15, 0.2) is 42.5 Å². The first-order valence-electron chi connectivity index (χ1n) is 8.97. The summed E-state index contributed by atoms with van der Waals surface area (Å²) >= 11 is 0. The van der Waals surface area contributed by atoms with Gasteiger partial charge in [-0.05, 0) is 31.2 Å². The molecule has 0 spiro atoms. The number of nitrogens with two attached hydrogens (primary N) is 1. The van der Waals surface area contributed by atoms with E-state index in [4.69, 9.17) is 10.5 Å². The summed E-state index contributed by atoms with van der Waals surface area (Å²) in [6.07, 6.45) is 0. The van der Waals surface area contributed by atoms with Crippen molar-refractivity contribution in [2.75, 3.05) is 26.3 Å². The van der Waals surface area contributed by atoms with Crippen LogP contribution in [0.5, 0.6) is 0 Å². The number of halogens is 1. The molecule has 0 aliphatic carbocycles.